The van der Waals surface area contributed by atoms with E-state index in [0.717, 1.165) is 18.7 Å². The van der Waals surface area contributed by atoms with Crippen molar-refractivity contribution in [3.63, 3.8) is 0 Å². The first-order chi connectivity index (χ1) is 6.20. The quantitative estimate of drug-likeness (QED) is 0.653. The van der Waals surface area contributed by atoms with Gasteiger partial charge in [-0.15, -0.1) is 0 Å². The number of aromatic nitrogens is 2. The predicted octanol–water partition coefficient (Wildman–Crippen LogP) is 1.50. The van der Waals surface area contributed by atoms with E-state index in [0.29, 0.717) is 11.7 Å². The van der Waals surface area contributed by atoms with Gasteiger partial charge in [0.2, 0.25) is 0 Å². The molecule has 0 saturated heterocycles. The van der Waals surface area contributed by atoms with Gasteiger partial charge in [-0.1, -0.05) is 6.92 Å². The Balaban J connectivity index is 2.28. The van der Waals surface area contributed by atoms with Gasteiger partial charge in [0.05, 0.1) is 0 Å². The van der Waals surface area contributed by atoms with Gasteiger partial charge >= 0.3 is 0 Å². The lowest BCUT2D eigenvalue weighted by atomic mass is 9.97. The molecule has 0 N–H and O–H groups in total. The van der Waals surface area contributed by atoms with Gasteiger partial charge in [0.25, 0.3) is 0 Å². The summed E-state index contributed by atoms with van der Waals surface area (Å²) in [6.07, 6.45) is 5.42. The molecule has 1 saturated carbocycles. The Morgan fingerprint density at radius 2 is 2.38 bits per heavy atom. The molecule has 2 unspecified atom stereocenters. The van der Waals surface area contributed by atoms with Crippen molar-refractivity contribution in [1.29, 1.82) is 0 Å². The van der Waals surface area contributed by atoms with E-state index in [4.69, 9.17) is 0 Å². The highest BCUT2D eigenvalue weighted by atomic mass is 16.1. The molecule has 1 heterocycles. The zero-order chi connectivity index (χ0) is 9.42. The molecular weight excluding hydrogens is 164 g/mol. The Morgan fingerprint density at radius 3 is 2.85 bits per heavy atom. The summed E-state index contributed by atoms with van der Waals surface area (Å²) in [6, 6.07) is 0. The van der Waals surface area contributed by atoms with Crippen molar-refractivity contribution in [2.24, 2.45) is 13.0 Å². The van der Waals surface area contributed by atoms with E-state index in [1.165, 1.54) is 0 Å². The first kappa shape index (κ1) is 8.48. The van der Waals surface area contributed by atoms with Crippen LogP contribution in [0.25, 0.3) is 0 Å². The van der Waals surface area contributed by atoms with Gasteiger partial charge in [-0.2, -0.15) is 0 Å². The van der Waals surface area contributed by atoms with Crippen molar-refractivity contribution < 1.29 is 4.79 Å². The smallest absolute Gasteiger partial charge is 0.136 e. The second-order valence-corrected chi connectivity index (χ2v) is 3.80. The minimum absolute atomic E-state index is 0.154. The largest absolute Gasteiger partial charge is 0.338 e. The van der Waals surface area contributed by atoms with Crippen LogP contribution in [0.3, 0.4) is 0 Å². The van der Waals surface area contributed by atoms with Gasteiger partial charge in [0.15, 0.2) is 0 Å². The second kappa shape index (κ2) is 2.98. The highest BCUT2D eigenvalue weighted by Gasteiger charge is 2.33. The molecule has 0 aliphatic heterocycles. The molecule has 1 aliphatic rings. The van der Waals surface area contributed by atoms with Gasteiger partial charge < -0.3 is 4.57 Å². The lowest BCUT2D eigenvalue weighted by Crippen LogP contribution is -2.12. The van der Waals surface area contributed by atoms with Crippen LogP contribution in [-0.4, -0.2) is 15.3 Å². The SMILES string of the molecule is CC1C(=O)CCC1c1nccn1C. The van der Waals surface area contributed by atoms with E-state index >= 15 is 0 Å². The Morgan fingerprint density at radius 1 is 1.62 bits per heavy atom. The first-order valence-corrected chi connectivity index (χ1v) is 4.70. The highest BCUT2D eigenvalue weighted by Crippen LogP contribution is 2.35. The number of aryl methyl sites for hydroxylation is 1. The van der Waals surface area contributed by atoms with Crippen LogP contribution in [0.15, 0.2) is 12.4 Å². The van der Waals surface area contributed by atoms with Crippen LogP contribution in [0.1, 0.15) is 31.5 Å². The molecule has 2 atom stereocenters. The molecular formula is C10H14N2O. The van der Waals surface area contributed by atoms with Crippen molar-refractivity contribution >= 4 is 5.78 Å². The third-order valence-corrected chi connectivity index (χ3v) is 3.00. The fourth-order valence-corrected chi connectivity index (χ4v) is 2.09. The average molecular weight is 178 g/mol. The molecule has 2 rings (SSSR count). The standard InChI is InChI=1S/C10H14N2O/c1-7-8(3-4-9(7)13)10-11-5-6-12(10)2/h5-8H,3-4H2,1-2H3. The van der Waals surface area contributed by atoms with Crippen LogP contribution >= 0.6 is 0 Å². The third-order valence-electron chi connectivity index (χ3n) is 3.00. The Kier molecular flexibility index (Phi) is 1.94. The Labute approximate surface area is 77.8 Å². The summed E-state index contributed by atoms with van der Waals surface area (Å²) in [5.74, 6) is 1.93. The Bertz CT molecular complexity index is 329. The molecule has 0 amide bonds. The van der Waals surface area contributed by atoms with Gasteiger partial charge in [0, 0.05) is 37.7 Å². The van der Waals surface area contributed by atoms with Crippen LogP contribution in [0.4, 0.5) is 0 Å². The van der Waals surface area contributed by atoms with E-state index in [9.17, 15) is 4.79 Å². The first-order valence-electron chi connectivity index (χ1n) is 4.70. The number of carbonyl (C=O) groups is 1. The molecule has 3 heteroatoms. The van der Waals surface area contributed by atoms with E-state index in [1.54, 1.807) is 6.20 Å². The van der Waals surface area contributed by atoms with Crippen molar-refractivity contribution in [1.82, 2.24) is 9.55 Å². The fourth-order valence-electron chi connectivity index (χ4n) is 2.09. The van der Waals surface area contributed by atoms with Crippen molar-refractivity contribution in [2.75, 3.05) is 0 Å². The van der Waals surface area contributed by atoms with Gasteiger partial charge in [0.1, 0.15) is 11.6 Å². The predicted molar refractivity (Wildman–Crippen MR) is 49.4 cm³/mol. The summed E-state index contributed by atoms with van der Waals surface area (Å²) >= 11 is 0. The number of hydrogen-bond acceptors (Lipinski definition) is 2. The number of nitrogens with zero attached hydrogens (tertiary/aromatic N) is 2. The minimum Gasteiger partial charge on any atom is -0.338 e. The molecule has 0 radical (unpaired) electrons. The third kappa shape index (κ3) is 1.28. The molecule has 0 aromatic carbocycles. The maximum Gasteiger partial charge on any atom is 0.136 e. The van der Waals surface area contributed by atoms with Crippen molar-refractivity contribution in [2.45, 2.75) is 25.7 Å². The molecule has 1 aromatic rings. The molecule has 13 heavy (non-hydrogen) atoms. The van der Waals surface area contributed by atoms with E-state index < -0.39 is 0 Å². The monoisotopic (exact) mass is 178 g/mol. The summed E-state index contributed by atoms with van der Waals surface area (Å²) in [4.78, 5) is 15.6. The molecule has 1 aliphatic carbocycles. The van der Waals surface area contributed by atoms with E-state index in [1.807, 2.05) is 24.7 Å². The van der Waals surface area contributed by atoms with E-state index in [2.05, 4.69) is 4.98 Å². The summed E-state index contributed by atoms with van der Waals surface area (Å²) < 4.78 is 2.01. The number of hydrogen-bond donors (Lipinski definition) is 0. The van der Waals surface area contributed by atoms with Gasteiger partial charge in [-0.3, -0.25) is 4.79 Å². The summed E-state index contributed by atoms with van der Waals surface area (Å²) in [7, 11) is 1.98. The number of Topliss-reactive ketones (excluding diaryl/α,β-unsaturated/α-hetero) is 1. The average Bonchev–Trinajstić information content (AvgIpc) is 2.62. The summed E-state index contributed by atoms with van der Waals surface area (Å²) in [5, 5.41) is 0. The highest BCUT2D eigenvalue weighted by molar-refractivity contribution is 5.83. The minimum atomic E-state index is 0.154. The second-order valence-electron chi connectivity index (χ2n) is 3.80. The lowest BCUT2D eigenvalue weighted by molar-refractivity contribution is -0.120. The van der Waals surface area contributed by atoms with Crippen LogP contribution in [0.2, 0.25) is 0 Å². The zero-order valence-electron chi connectivity index (χ0n) is 8.03. The molecule has 1 fully saturated rings. The number of imidazole rings is 1. The topological polar surface area (TPSA) is 34.9 Å². The molecule has 1 aromatic heterocycles. The van der Waals surface area contributed by atoms with E-state index in [-0.39, 0.29) is 5.92 Å². The lowest BCUT2D eigenvalue weighted by Gasteiger charge is -2.13. The molecule has 3 nitrogen and oxygen atoms in total. The zero-order valence-corrected chi connectivity index (χ0v) is 8.03. The number of ketones is 1. The fraction of sp³-hybridized carbons (Fsp3) is 0.600. The number of carbonyl (C=O) groups excluding carboxylic acids is 1. The van der Waals surface area contributed by atoms with Crippen molar-refractivity contribution in [3.8, 4) is 0 Å². The molecule has 0 bridgehead atoms. The maximum absolute atomic E-state index is 11.4. The van der Waals surface area contributed by atoms with Gasteiger partial charge in [-0.05, 0) is 6.42 Å². The summed E-state index contributed by atoms with van der Waals surface area (Å²) in [6.45, 7) is 2.01. The van der Waals surface area contributed by atoms with Gasteiger partial charge in [-0.25, -0.2) is 4.98 Å². The summed E-state index contributed by atoms with van der Waals surface area (Å²) in [5.41, 5.74) is 0. The van der Waals surface area contributed by atoms with Crippen molar-refractivity contribution in [3.05, 3.63) is 18.2 Å². The van der Waals surface area contributed by atoms with Crippen LogP contribution in [-0.2, 0) is 11.8 Å². The van der Waals surface area contributed by atoms with Crippen LogP contribution in [0, 0.1) is 5.92 Å². The molecule has 0 spiro atoms. The van der Waals surface area contributed by atoms with Crippen LogP contribution in [0.5, 0.6) is 0 Å². The normalized spacial score (nSPS) is 28.3. The maximum atomic E-state index is 11.4. The number of rotatable bonds is 1. The molecule has 70 valence electrons. The van der Waals surface area contributed by atoms with Crippen LogP contribution < -0.4 is 0 Å². The Hall–Kier alpha value is -1.12.